The molecule has 0 saturated heterocycles. The molecule has 0 saturated carbocycles. The summed E-state index contributed by atoms with van der Waals surface area (Å²) >= 11 is 0. The first-order valence-corrected chi connectivity index (χ1v) is 6.43. The SMILES string of the molecule is NC(=O)OCc1cc(-c2cnc(C(F)(F)F)nc2)ccc1C(N)=O. The fourth-order valence-corrected chi connectivity index (χ4v) is 1.91. The number of alkyl halides is 3. The largest absolute Gasteiger partial charge is 0.451 e. The van der Waals surface area contributed by atoms with Gasteiger partial charge in [0.25, 0.3) is 0 Å². The van der Waals surface area contributed by atoms with Gasteiger partial charge in [-0.3, -0.25) is 4.79 Å². The van der Waals surface area contributed by atoms with Gasteiger partial charge in [0, 0.05) is 29.1 Å². The van der Waals surface area contributed by atoms with Crippen molar-refractivity contribution in [1.29, 1.82) is 0 Å². The van der Waals surface area contributed by atoms with Crippen LogP contribution in [0.4, 0.5) is 18.0 Å². The lowest BCUT2D eigenvalue weighted by atomic mass is 10.0. The van der Waals surface area contributed by atoms with Gasteiger partial charge in [-0.15, -0.1) is 0 Å². The predicted octanol–water partition coefficient (Wildman–Crippen LogP) is 1.86. The Morgan fingerprint density at radius 1 is 1.08 bits per heavy atom. The van der Waals surface area contributed by atoms with Crippen LogP contribution in [0.15, 0.2) is 30.6 Å². The zero-order valence-corrected chi connectivity index (χ0v) is 12.0. The molecule has 0 aliphatic carbocycles. The van der Waals surface area contributed by atoms with E-state index in [1.807, 2.05) is 0 Å². The van der Waals surface area contributed by atoms with Crippen LogP contribution in [-0.2, 0) is 17.5 Å². The first-order valence-electron chi connectivity index (χ1n) is 6.43. The van der Waals surface area contributed by atoms with Gasteiger partial charge < -0.3 is 16.2 Å². The van der Waals surface area contributed by atoms with Gasteiger partial charge in [-0.2, -0.15) is 13.2 Å². The summed E-state index contributed by atoms with van der Waals surface area (Å²) in [5.74, 6) is -2.02. The van der Waals surface area contributed by atoms with Crippen molar-refractivity contribution in [1.82, 2.24) is 9.97 Å². The average molecular weight is 340 g/mol. The molecule has 0 fully saturated rings. The Balaban J connectivity index is 2.38. The van der Waals surface area contributed by atoms with Crippen LogP contribution in [0.5, 0.6) is 0 Å². The molecule has 0 spiro atoms. The van der Waals surface area contributed by atoms with E-state index >= 15 is 0 Å². The molecule has 0 aliphatic heterocycles. The van der Waals surface area contributed by atoms with Crippen molar-refractivity contribution in [2.45, 2.75) is 12.8 Å². The topological polar surface area (TPSA) is 121 Å². The Kier molecular flexibility index (Phi) is 4.67. The van der Waals surface area contributed by atoms with Gasteiger partial charge in [-0.25, -0.2) is 14.8 Å². The molecule has 0 unspecified atom stereocenters. The Labute approximate surface area is 133 Å². The second kappa shape index (κ2) is 6.52. The van der Waals surface area contributed by atoms with Gasteiger partial charge in [0.05, 0.1) is 0 Å². The minimum Gasteiger partial charge on any atom is -0.445 e. The van der Waals surface area contributed by atoms with Crippen molar-refractivity contribution in [3.8, 4) is 11.1 Å². The van der Waals surface area contributed by atoms with E-state index < -0.39 is 24.0 Å². The number of carbonyl (C=O) groups is 2. The molecule has 1 aromatic carbocycles. The molecule has 1 aromatic heterocycles. The Morgan fingerprint density at radius 3 is 2.21 bits per heavy atom. The molecule has 24 heavy (non-hydrogen) atoms. The van der Waals surface area contributed by atoms with Crippen LogP contribution in [0.1, 0.15) is 21.7 Å². The van der Waals surface area contributed by atoms with Crippen molar-refractivity contribution in [2.24, 2.45) is 11.5 Å². The van der Waals surface area contributed by atoms with Gasteiger partial charge in [0.1, 0.15) is 6.61 Å². The van der Waals surface area contributed by atoms with Crippen LogP contribution in [0, 0.1) is 0 Å². The minimum absolute atomic E-state index is 0.0906. The van der Waals surface area contributed by atoms with E-state index in [0.29, 0.717) is 5.56 Å². The molecule has 0 radical (unpaired) electrons. The molecule has 0 atom stereocenters. The van der Waals surface area contributed by atoms with E-state index in [1.165, 1.54) is 18.2 Å². The van der Waals surface area contributed by atoms with Gasteiger partial charge in [-0.05, 0) is 17.7 Å². The lowest BCUT2D eigenvalue weighted by Crippen LogP contribution is -2.17. The molecule has 4 N–H and O–H groups in total. The van der Waals surface area contributed by atoms with E-state index in [0.717, 1.165) is 12.4 Å². The number of ether oxygens (including phenoxy) is 1. The predicted molar refractivity (Wildman–Crippen MR) is 75.4 cm³/mol. The maximum atomic E-state index is 12.5. The smallest absolute Gasteiger partial charge is 0.445 e. The summed E-state index contributed by atoms with van der Waals surface area (Å²) in [6, 6.07) is 4.24. The first kappa shape index (κ1) is 17.2. The van der Waals surface area contributed by atoms with Crippen molar-refractivity contribution < 1.29 is 27.5 Å². The third kappa shape index (κ3) is 3.97. The number of benzene rings is 1. The highest BCUT2D eigenvalue weighted by Crippen LogP contribution is 2.27. The maximum absolute atomic E-state index is 12.5. The second-order valence-electron chi connectivity index (χ2n) is 4.64. The lowest BCUT2D eigenvalue weighted by molar-refractivity contribution is -0.144. The Morgan fingerprint density at radius 2 is 1.71 bits per heavy atom. The van der Waals surface area contributed by atoms with Gasteiger partial charge in [0.15, 0.2) is 0 Å². The highest BCUT2D eigenvalue weighted by atomic mass is 19.4. The molecule has 7 nitrogen and oxygen atoms in total. The normalized spacial score (nSPS) is 11.1. The van der Waals surface area contributed by atoms with Gasteiger partial charge in [0.2, 0.25) is 11.7 Å². The van der Waals surface area contributed by atoms with Crippen molar-refractivity contribution >= 4 is 12.0 Å². The standard InChI is InChI=1S/C14H11F3N4O3/c15-14(16,17)12-20-4-9(5-21-12)7-1-2-10(11(18)22)8(3-7)6-24-13(19)23/h1-5H,6H2,(H2,18,22)(H2,19,23). The van der Waals surface area contributed by atoms with Crippen LogP contribution in [0.2, 0.25) is 0 Å². The van der Waals surface area contributed by atoms with E-state index in [-0.39, 0.29) is 23.3 Å². The van der Waals surface area contributed by atoms with Crippen LogP contribution < -0.4 is 11.5 Å². The molecule has 0 aliphatic rings. The summed E-state index contributed by atoms with van der Waals surface area (Å²) in [7, 11) is 0. The van der Waals surface area contributed by atoms with Crippen molar-refractivity contribution in [3.63, 3.8) is 0 Å². The quantitative estimate of drug-likeness (QED) is 0.880. The number of nitrogens with two attached hydrogens (primary N) is 2. The summed E-state index contributed by atoms with van der Waals surface area (Å²) in [5.41, 5.74) is 11.1. The summed E-state index contributed by atoms with van der Waals surface area (Å²) < 4.78 is 42.0. The third-order valence-electron chi connectivity index (χ3n) is 2.98. The molecule has 1 heterocycles. The molecular weight excluding hydrogens is 329 g/mol. The Bertz CT molecular complexity index is 776. The second-order valence-corrected chi connectivity index (χ2v) is 4.64. The Hall–Kier alpha value is -3.17. The number of aromatic nitrogens is 2. The molecule has 2 rings (SSSR count). The average Bonchev–Trinajstić information content (AvgIpc) is 2.51. The summed E-state index contributed by atoms with van der Waals surface area (Å²) in [6.07, 6.45) is -3.70. The number of halogens is 3. The van der Waals surface area contributed by atoms with Crippen LogP contribution in [0.25, 0.3) is 11.1 Å². The summed E-state index contributed by atoms with van der Waals surface area (Å²) in [6.45, 7) is -0.317. The van der Waals surface area contributed by atoms with E-state index in [4.69, 9.17) is 11.5 Å². The fourth-order valence-electron chi connectivity index (χ4n) is 1.91. The van der Waals surface area contributed by atoms with Crippen molar-refractivity contribution in [2.75, 3.05) is 0 Å². The number of rotatable bonds is 4. The molecule has 2 amide bonds. The van der Waals surface area contributed by atoms with Crippen LogP contribution >= 0.6 is 0 Å². The first-order chi connectivity index (χ1) is 11.2. The number of amides is 2. The number of hydrogen-bond acceptors (Lipinski definition) is 5. The maximum Gasteiger partial charge on any atom is 0.451 e. The molecular formula is C14H11F3N4O3. The van der Waals surface area contributed by atoms with Crippen LogP contribution in [-0.4, -0.2) is 22.0 Å². The van der Waals surface area contributed by atoms with Crippen LogP contribution in [0.3, 0.4) is 0 Å². The molecule has 126 valence electrons. The van der Waals surface area contributed by atoms with Crippen molar-refractivity contribution in [3.05, 3.63) is 47.5 Å². The lowest BCUT2D eigenvalue weighted by Gasteiger charge is -2.10. The van der Waals surface area contributed by atoms with E-state index in [1.54, 1.807) is 0 Å². The zero-order chi connectivity index (χ0) is 17.9. The van der Waals surface area contributed by atoms with E-state index in [9.17, 15) is 22.8 Å². The highest BCUT2D eigenvalue weighted by molar-refractivity contribution is 5.95. The molecule has 2 aromatic rings. The summed E-state index contributed by atoms with van der Waals surface area (Å²) in [5, 5.41) is 0. The zero-order valence-electron chi connectivity index (χ0n) is 12.0. The number of primary amides is 2. The van der Waals surface area contributed by atoms with Gasteiger partial charge in [-0.1, -0.05) is 6.07 Å². The molecule has 10 heteroatoms. The summed E-state index contributed by atoms with van der Waals surface area (Å²) in [4.78, 5) is 28.6. The minimum atomic E-state index is -4.64. The monoisotopic (exact) mass is 340 g/mol. The number of carbonyl (C=O) groups excluding carboxylic acids is 2. The van der Waals surface area contributed by atoms with Gasteiger partial charge >= 0.3 is 12.3 Å². The number of hydrogen-bond donors (Lipinski definition) is 2. The highest BCUT2D eigenvalue weighted by Gasteiger charge is 2.34. The number of nitrogens with zero attached hydrogens (tertiary/aromatic N) is 2. The third-order valence-corrected chi connectivity index (χ3v) is 2.98. The fraction of sp³-hybridized carbons (Fsp3) is 0.143. The van der Waals surface area contributed by atoms with E-state index in [2.05, 4.69) is 14.7 Å². The molecule has 0 bridgehead atoms.